The molecule has 3 aromatic carbocycles. The summed E-state index contributed by atoms with van der Waals surface area (Å²) in [4.78, 5) is 12.9. The summed E-state index contributed by atoms with van der Waals surface area (Å²) in [5.41, 5.74) is 4.27. The fourth-order valence-electron chi connectivity index (χ4n) is 3.20. The third-order valence-corrected chi connectivity index (χ3v) is 7.92. The number of rotatable bonds is 11. The number of sulfonamides is 1. The normalized spacial score (nSPS) is 11.2. The van der Waals surface area contributed by atoms with E-state index in [1.807, 2.05) is 6.92 Å². The number of methoxy groups -OCH3 is 1. The molecule has 1 amide bonds. The van der Waals surface area contributed by atoms with Gasteiger partial charge in [0.2, 0.25) is 0 Å². The van der Waals surface area contributed by atoms with Gasteiger partial charge in [-0.1, -0.05) is 46.3 Å². The molecule has 0 aliphatic rings. The molecule has 11 heteroatoms. The van der Waals surface area contributed by atoms with Crippen LogP contribution in [-0.4, -0.2) is 40.8 Å². The molecule has 0 saturated carbocycles. The monoisotopic (exact) mass is 649 g/mol. The van der Waals surface area contributed by atoms with E-state index < -0.39 is 22.5 Å². The van der Waals surface area contributed by atoms with Gasteiger partial charge in [0.1, 0.15) is 13.2 Å². The molecule has 0 unspecified atom stereocenters. The van der Waals surface area contributed by atoms with Crippen molar-refractivity contribution in [3.63, 3.8) is 0 Å². The Kier molecular flexibility index (Phi) is 9.90. The largest absolute Gasteiger partial charge is 0.493 e. The highest BCUT2D eigenvalue weighted by Crippen LogP contribution is 2.36. The van der Waals surface area contributed by atoms with E-state index in [1.54, 1.807) is 54.6 Å². The van der Waals surface area contributed by atoms with Gasteiger partial charge in [-0.25, -0.2) is 13.8 Å². The maximum absolute atomic E-state index is 13.4. The zero-order valence-electron chi connectivity index (χ0n) is 20.1. The van der Waals surface area contributed by atoms with E-state index in [2.05, 4.69) is 49.0 Å². The third-order valence-electron chi connectivity index (χ3n) is 5.01. The number of anilines is 1. The van der Waals surface area contributed by atoms with Gasteiger partial charge in [0.25, 0.3) is 15.9 Å². The number of hydrogen-bond donors (Lipinski definition) is 1. The van der Waals surface area contributed by atoms with Gasteiger partial charge in [0, 0.05) is 4.47 Å². The van der Waals surface area contributed by atoms with Gasteiger partial charge in [0.15, 0.2) is 11.5 Å². The zero-order valence-corrected chi connectivity index (χ0v) is 24.1. The summed E-state index contributed by atoms with van der Waals surface area (Å²) in [5, 5.41) is 3.99. The van der Waals surface area contributed by atoms with Crippen LogP contribution in [0.25, 0.3) is 0 Å². The molecule has 3 rings (SSSR count). The van der Waals surface area contributed by atoms with Crippen molar-refractivity contribution in [2.24, 2.45) is 5.10 Å². The second kappa shape index (κ2) is 12.9. The van der Waals surface area contributed by atoms with E-state index in [-0.39, 0.29) is 4.90 Å². The van der Waals surface area contributed by atoms with Crippen molar-refractivity contribution in [3.05, 3.63) is 93.4 Å². The Morgan fingerprint density at radius 3 is 2.41 bits per heavy atom. The number of carbonyl (C=O) groups excluding carboxylic acids is 1. The van der Waals surface area contributed by atoms with E-state index in [0.717, 1.165) is 14.3 Å². The van der Waals surface area contributed by atoms with Crippen LogP contribution in [0.4, 0.5) is 5.69 Å². The zero-order chi connectivity index (χ0) is 27.0. The fourth-order valence-corrected chi connectivity index (χ4v) is 5.46. The summed E-state index contributed by atoms with van der Waals surface area (Å²) >= 11 is 6.78. The molecule has 1 N–H and O–H groups in total. The first-order valence-electron chi connectivity index (χ1n) is 10.9. The number of halogens is 2. The van der Waals surface area contributed by atoms with Crippen LogP contribution in [0, 0.1) is 6.92 Å². The molecule has 0 spiro atoms. The highest BCUT2D eigenvalue weighted by molar-refractivity contribution is 9.10. The Bertz CT molecular complexity index is 1390. The highest BCUT2D eigenvalue weighted by atomic mass is 79.9. The summed E-state index contributed by atoms with van der Waals surface area (Å²) < 4.78 is 40.3. The van der Waals surface area contributed by atoms with Gasteiger partial charge < -0.3 is 9.47 Å². The van der Waals surface area contributed by atoms with Gasteiger partial charge >= 0.3 is 0 Å². The van der Waals surface area contributed by atoms with E-state index in [9.17, 15) is 13.2 Å². The molecule has 0 bridgehead atoms. The van der Waals surface area contributed by atoms with Crippen LogP contribution < -0.4 is 19.2 Å². The molecule has 37 heavy (non-hydrogen) atoms. The van der Waals surface area contributed by atoms with E-state index in [4.69, 9.17) is 9.47 Å². The number of aryl methyl sites for hydroxylation is 1. The lowest BCUT2D eigenvalue weighted by Gasteiger charge is -2.23. The van der Waals surface area contributed by atoms with E-state index >= 15 is 0 Å². The summed E-state index contributed by atoms with van der Waals surface area (Å²) in [6.07, 6.45) is 3.04. The second-order valence-corrected chi connectivity index (χ2v) is 11.4. The molecule has 0 heterocycles. The van der Waals surface area contributed by atoms with Crippen molar-refractivity contribution < 1.29 is 22.7 Å². The number of nitrogens with one attached hydrogen (secondary N) is 1. The fraction of sp³-hybridized carbons (Fsp3) is 0.154. The average molecular weight is 651 g/mol. The van der Waals surface area contributed by atoms with Crippen LogP contribution in [0.3, 0.4) is 0 Å². The van der Waals surface area contributed by atoms with Gasteiger partial charge in [-0.2, -0.15) is 5.10 Å². The van der Waals surface area contributed by atoms with Crippen molar-refractivity contribution in [2.75, 3.05) is 24.6 Å². The van der Waals surface area contributed by atoms with Crippen molar-refractivity contribution in [1.82, 2.24) is 5.43 Å². The number of hydrazone groups is 1. The van der Waals surface area contributed by atoms with Crippen molar-refractivity contribution in [3.8, 4) is 11.5 Å². The van der Waals surface area contributed by atoms with Crippen molar-refractivity contribution in [1.29, 1.82) is 0 Å². The number of benzene rings is 3. The van der Waals surface area contributed by atoms with Crippen LogP contribution >= 0.6 is 31.9 Å². The summed E-state index contributed by atoms with van der Waals surface area (Å²) in [7, 11) is -2.51. The Hall–Kier alpha value is -3.15. The van der Waals surface area contributed by atoms with Gasteiger partial charge in [-0.05, 0) is 76.9 Å². The molecule has 8 nitrogen and oxygen atoms in total. The van der Waals surface area contributed by atoms with Gasteiger partial charge in [0.05, 0.1) is 28.4 Å². The van der Waals surface area contributed by atoms with Crippen molar-refractivity contribution in [2.45, 2.75) is 11.8 Å². The van der Waals surface area contributed by atoms with E-state index in [1.165, 1.54) is 25.5 Å². The minimum Gasteiger partial charge on any atom is -0.493 e. The van der Waals surface area contributed by atoms with E-state index in [0.29, 0.717) is 33.8 Å². The molecular formula is C26H25Br2N3O5S. The number of hydrogen-bond acceptors (Lipinski definition) is 6. The first-order valence-corrected chi connectivity index (χ1v) is 14.0. The van der Waals surface area contributed by atoms with Crippen molar-refractivity contribution >= 4 is 59.7 Å². The minimum absolute atomic E-state index is 0.0769. The Balaban J connectivity index is 1.81. The molecule has 0 radical (unpaired) electrons. The number of carbonyl (C=O) groups is 1. The molecule has 0 aliphatic heterocycles. The number of amides is 1. The quantitative estimate of drug-likeness (QED) is 0.169. The maximum atomic E-state index is 13.4. The first-order chi connectivity index (χ1) is 17.6. The molecule has 0 fully saturated rings. The molecular weight excluding hydrogens is 626 g/mol. The van der Waals surface area contributed by atoms with Gasteiger partial charge in [-0.3, -0.25) is 9.10 Å². The van der Waals surface area contributed by atoms with Gasteiger partial charge in [-0.15, -0.1) is 0 Å². The molecule has 3 aromatic rings. The molecule has 194 valence electrons. The number of ether oxygens (including phenoxy) is 2. The molecule has 0 atom stereocenters. The topological polar surface area (TPSA) is 97.3 Å². The van der Waals surface area contributed by atoms with Crippen LogP contribution in [0.2, 0.25) is 0 Å². The Morgan fingerprint density at radius 1 is 1.11 bits per heavy atom. The summed E-state index contributed by atoms with van der Waals surface area (Å²) in [6.45, 7) is 5.32. The lowest BCUT2D eigenvalue weighted by atomic mass is 10.2. The third kappa shape index (κ3) is 7.43. The lowest BCUT2D eigenvalue weighted by Crippen LogP contribution is -2.39. The smallest absolute Gasteiger partial charge is 0.264 e. The first kappa shape index (κ1) is 28.4. The second-order valence-electron chi connectivity index (χ2n) is 7.73. The highest BCUT2D eigenvalue weighted by Gasteiger charge is 2.27. The predicted molar refractivity (Wildman–Crippen MR) is 152 cm³/mol. The SMILES string of the molecule is C=CCOc1c(Br)cc(/C=N/NC(=O)CN(c2ccc(Br)cc2)S(=O)(=O)c2ccc(C)cc2)cc1OC. The van der Waals surface area contributed by atoms with Crippen LogP contribution in [-0.2, 0) is 14.8 Å². The number of nitrogens with zero attached hydrogens (tertiary/aromatic N) is 2. The summed E-state index contributed by atoms with van der Waals surface area (Å²) in [5.74, 6) is 0.358. The summed E-state index contributed by atoms with van der Waals surface area (Å²) in [6, 6.07) is 16.5. The maximum Gasteiger partial charge on any atom is 0.264 e. The molecule has 0 aliphatic carbocycles. The minimum atomic E-state index is -4.02. The Labute approximate surface area is 233 Å². The Morgan fingerprint density at radius 2 is 1.78 bits per heavy atom. The average Bonchev–Trinajstić information content (AvgIpc) is 2.87. The lowest BCUT2D eigenvalue weighted by molar-refractivity contribution is -0.119. The van der Waals surface area contributed by atoms with Crippen LogP contribution in [0.15, 0.2) is 92.3 Å². The van der Waals surface area contributed by atoms with Crippen LogP contribution in [0.1, 0.15) is 11.1 Å². The standard InChI is InChI=1S/C26H25Br2N3O5S/c1-4-13-36-26-23(28)14-19(15-24(26)35-3)16-29-30-25(32)17-31(21-9-7-20(27)8-10-21)37(33,34)22-11-5-18(2)6-12-22/h4-12,14-16H,1,13,17H2,2-3H3,(H,30,32)/b29-16+. The molecule has 0 saturated heterocycles. The predicted octanol–water partition coefficient (Wildman–Crippen LogP) is 5.44. The molecule has 0 aromatic heterocycles. The van der Waals surface area contributed by atoms with Crippen LogP contribution in [0.5, 0.6) is 11.5 Å².